The van der Waals surface area contributed by atoms with Crippen LogP contribution in [0.15, 0.2) is 83.0 Å². The van der Waals surface area contributed by atoms with Gasteiger partial charge in [-0.3, -0.25) is 15.0 Å². The van der Waals surface area contributed by atoms with Crippen molar-refractivity contribution in [3.05, 3.63) is 112 Å². The quantitative estimate of drug-likeness (QED) is 0.185. The molecular formula is C39H43N3O2. The summed E-state index contributed by atoms with van der Waals surface area (Å²) in [5.74, 6) is 6.82. The van der Waals surface area contributed by atoms with Crippen LogP contribution >= 0.6 is 0 Å². The molecule has 0 saturated heterocycles. The van der Waals surface area contributed by atoms with Gasteiger partial charge < -0.3 is 10.2 Å². The number of para-hydroxylation sites is 2. The van der Waals surface area contributed by atoms with Crippen molar-refractivity contribution in [3.63, 3.8) is 0 Å². The molecule has 44 heavy (non-hydrogen) atoms. The van der Waals surface area contributed by atoms with E-state index in [1.54, 1.807) is 24.8 Å². The smallest absolute Gasteiger partial charge is 0.128 e. The average molecular weight is 586 g/mol. The number of hydrogen-bond donors (Lipinski definition) is 2. The molecule has 0 fully saturated rings. The summed E-state index contributed by atoms with van der Waals surface area (Å²) in [4.78, 5) is 13.6. The Hall–Kier alpha value is -4.69. The highest BCUT2D eigenvalue weighted by Gasteiger charge is 2.25. The molecule has 2 N–H and O–H groups in total. The number of phenolic OH excluding ortho intramolecular Hbond substituents is 2. The molecule has 0 aliphatic heterocycles. The summed E-state index contributed by atoms with van der Waals surface area (Å²) in [6, 6.07) is 19.2. The molecule has 0 aliphatic carbocycles. The second-order valence-electron chi connectivity index (χ2n) is 14.2. The van der Waals surface area contributed by atoms with Crippen LogP contribution in [0.5, 0.6) is 11.5 Å². The van der Waals surface area contributed by atoms with E-state index in [-0.39, 0.29) is 27.7 Å². The van der Waals surface area contributed by atoms with Gasteiger partial charge in [0.05, 0.1) is 11.4 Å². The van der Waals surface area contributed by atoms with E-state index in [0.29, 0.717) is 22.5 Å². The summed E-state index contributed by atoms with van der Waals surface area (Å²) in [5, 5.41) is 22.5. The molecule has 0 amide bonds. The molecule has 0 atom stereocenters. The molecule has 1 heterocycles. The Kier molecular flexibility index (Phi) is 9.16. The molecule has 0 spiro atoms. The highest BCUT2D eigenvalue weighted by molar-refractivity contribution is 5.90. The van der Waals surface area contributed by atoms with Crippen LogP contribution in [0.25, 0.3) is 0 Å². The summed E-state index contributed by atoms with van der Waals surface area (Å²) in [7, 11) is 0. The molecular weight excluding hydrogens is 542 g/mol. The Balaban J connectivity index is 1.75. The van der Waals surface area contributed by atoms with Crippen molar-refractivity contribution in [2.45, 2.75) is 78.6 Å². The first-order chi connectivity index (χ1) is 20.5. The van der Waals surface area contributed by atoms with Crippen LogP contribution in [0.3, 0.4) is 0 Å². The van der Waals surface area contributed by atoms with E-state index in [4.69, 9.17) is 9.98 Å². The fourth-order valence-corrected chi connectivity index (χ4v) is 4.70. The zero-order chi connectivity index (χ0) is 32.3. The zero-order valence-corrected chi connectivity index (χ0v) is 27.3. The van der Waals surface area contributed by atoms with Gasteiger partial charge in [-0.1, -0.05) is 92.4 Å². The minimum atomic E-state index is -0.307. The molecule has 0 bridgehead atoms. The molecule has 226 valence electrons. The minimum absolute atomic E-state index is 0.0936. The first-order valence-electron chi connectivity index (χ1n) is 14.9. The predicted molar refractivity (Wildman–Crippen MR) is 183 cm³/mol. The largest absolute Gasteiger partial charge is 0.507 e. The standard InChI is InChI=1S/C39H43N3O2/c1-37(2,3)30-22-29(36(44)32(23-30)39(7,8)9)25-42-34-13-11-10-12-33(34)41-24-28-20-27(15-14-26-16-18-40-19-17-26)21-31(35(28)43)38(4,5)6/h10-13,16-25,43-44H,1-9H3. The number of aliphatic imine (C=N–C) groups is 2. The van der Waals surface area contributed by atoms with E-state index in [1.807, 2.05) is 54.6 Å². The number of aromatic nitrogens is 1. The Labute approximate surface area is 262 Å². The Morgan fingerprint density at radius 1 is 0.591 bits per heavy atom. The molecule has 0 saturated carbocycles. The van der Waals surface area contributed by atoms with Crippen LogP contribution in [-0.2, 0) is 16.2 Å². The fraction of sp³-hybridized carbons (Fsp3) is 0.308. The van der Waals surface area contributed by atoms with Crippen molar-refractivity contribution in [2.24, 2.45) is 9.98 Å². The van der Waals surface area contributed by atoms with Crippen molar-refractivity contribution in [3.8, 4) is 23.3 Å². The number of phenols is 2. The SMILES string of the molecule is CC(C)(C)c1cc(C=Nc2ccccc2N=Cc2cc(C#Cc3ccncc3)cc(C(C)(C)C)c2O)c(O)c(C(C)(C)C)c1. The van der Waals surface area contributed by atoms with Crippen LogP contribution in [0.1, 0.15) is 101 Å². The first kappa shape index (κ1) is 32.2. The van der Waals surface area contributed by atoms with Gasteiger partial charge in [0, 0.05) is 58.2 Å². The lowest BCUT2D eigenvalue weighted by Crippen LogP contribution is -2.17. The van der Waals surface area contributed by atoms with Crippen molar-refractivity contribution < 1.29 is 10.2 Å². The molecule has 3 aromatic carbocycles. The molecule has 4 aromatic rings. The monoisotopic (exact) mass is 585 g/mol. The third-order valence-electron chi connectivity index (χ3n) is 7.36. The second kappa shape index (κ2) is 12.5. The van der Waals surface area contributed by atoms with Gasteiger partial charge in [0.1, 0.15) is 11.5 Å². The lowest BCUT2D eigenvalue weighted by Gasteiger charge is -2.27. The topological polar surface area (TPSA) is 78.1 Å². The van der Waals surface area contributed by atoms with Gasteiger partial charge >= 0.3 is 0 Å². The van der Waals surface area contributed by atoms with E-state index in [2.05, 4.69) is 85.2 Å². The Morgan fingerprint density at radius 3 is 1.57 bits per heavy atom. The normalized spacial score (nSPS) is 12.5. The van der Waals surface area contributed by atoms with E-state index >= 15 is 0 Å². The summed E-state index contributed by atoms with van der Waals surface area (Å²) in [6.07, 6.45) is 6.79. The Bertz CT molecular complexity index is 1770. The van der Waals surface area contributed by atoms with Gasteiger partial charge in [0.2, 0.25) is 0 Å². The zero-order valence-electron chi connectivity index (χ0n) is 27.3. The van der Waals surface area contributed by atoms with Gasteiger partial charge in [0.15, 0.2) is 0 Å². The molecule has 0 radical (unpaired) electrons. The highest BCUT2D eigenvalue weighted by Crippen LogP contribution is 2.38. The van der Waals surface area contributed by atoms with Gasteiger partial charge in [-0.25, -0.2) is 0 Å². The number of aromatic hydroxyl groups is 2. The lowest BCUT2D eigenvalue weighted by atomic mass is 9.79. The number of hydrogen-bond acceptors (Lipinski definition) is 5. The van der Waals surface area contributed by atoms with Crippen molar-refractivity contribution in [2.75, 3.05) is 0 Å². The molecule has 0 unspecified atom stereocenters. The lowest BCUT2D eigenvalue weighted by molar-refractivity contribution is 0.443. The molecule has 1 aromatic heterocycles. The summed E-state index contributed by atoms with van der Waals surface area (Å²) in [5.41, 5.74) is 6.32. The van der Waals surface area contributed by atoms with Crippen molar-refractivity contribution in [1.82, 2.24) is 4.98 Å². The van der Waals surface area contributed by atoms with Crippen LogP contribution in [0.4, 0.5) is 11.4 Å². The predicted octanol–water partition coefficient (Wildman–Crippen LogP) is 9.29. The van der Waals surface area contributed by atoms with Crippen LogP contribution in [0.2, 0.25) is 0 Å². The minimum Gasteiger partial charge on any atom is -0.507 e. The first-order valence-corrected chi connectivity index (χ1v) is 14.9. The third-order valence-corrected chi connectivity index (χ3v) is 7.36. The molecule has 0 aliphatic rings. The number of pyridine rings is 1. The summed E-state index contributed by atoms with van der Waals surface area (Å²) >= 11 is 0. The van der Waals surface area contributed by atoms with Gasteiger partial charge in [-0.15, -0.1) is 0 Å². The fourth-order valence-electron chi connectivity index (χ4n) is 4.70. The second-order valence-corrected chi connectivity index (χ2v) is 14.2. The molecule has 4 rings (SSSR count). The van der Waals surface area contributed by atoms with E-state index in [9.17, 15) is 10.2 Å². The molecule has 5 nitrogen and oxygen atoms in total. The highest BCUT2D eigenvalue weighted by atomic mass is 16.3. The van der Waals surface area contributed by atoms with Gasteiger partial charge in [-0.2, -0.15) is 0 Å². The van der Waals surface area contributed by atoms with Crippen LogP contribution in [-0.4, -0.2) is 27.6 Å². The maximum absolute atomic E-state index is 11.2. The number of benzene rings is 3. The van der Waals surface area contributed by atoms with E-state index in [0.717, 1.165) is 27.8 Å². The van der Waals surface area contributed by atoms with E-state index < -0.39 is 0 Å². The van der Waals surface area contributed by atoms with Crippen LogP contribution < -0.4 is 0 Å². The molecule has 5 heteroatoms. The summed E-state index contributed by atoms with van der Waals surface area (Å²) in [6.45, 7) is 19.0. The van der Waals surface area contributed by atoms with Crippen molar-refractivity contribution in [1.29, 1.82) is 0 Å². The Morgan fingerprint density at radius 2 is 1.07 bits per heavy atom. The number of nitrogens with zero attached hydrogens (tertiary/aromatic N) is 3. The van der Waals surface area contributed by atoms with Crippen molar-refractivity contribution >= 4 is 23.8 Å². The maximum atomic E-state index is 11.2. The van der Waals surface area contributed by atoms with Crippen LogP contribution in [0, 0.1) is 11.8 Å². The van der Waals surface area contributed by atoms with Gasteiger partial charge in [-0.05, 0) is 64.3 Å². The van der Waals surface area contributed by atoms with E-state index in [1.165, 1.54) is 0 Å². The maximum Gasteiger partial charge on any atom is 0.128 e. The average Bonchev–Trinajstić information content (AvgIpc) is 2.94. The van der Waals surface area contributed by atoms with Gasteiger partial charge in [0.25, 0.3) is 0 Å². The number of rotatable bonds is 4. The summed E-state index contributed by atoms with van der Waals surface area (Å²) < 4.78 is 0. The third kappa shape index (κ3) is 7.82.